The maximum absolute atomic E-state index is 12.9. The zero-order valence-corrected chi connectivity index (χ0v) is 21.4. The Labute approximate surface area is 210 Å². The van der Waals surface area contributed by atoms with E-state index in [0.717, 1.165) is 22.3 Å². The van der Waals surface area contributed by atoms with Gasteiger partial charge in [0.25, 0.3) is 0 Å². The van der Waals surface area contributed by atoms with Gasteiger partial charge in [0.15, 0.2) is 0 Å². The lowest BCUT2D eigenvalue weighted by molar-refractivity contribution is -0.147. The number of rotatable bonds is 8. The van der Waals surface area contributed by atoms with Crippen molar-refractivity contribution in [3.63, 3.8) is 0 Å². The molecule has 1 aliphatic carbocycles. The van der Waals surface area contributed by atoms with Gasteiger partial charge in [0, 0.05) is 5.92 Å². The van der Waals surface area contributed by atoms with Crippen LogP contribution in [0, 0.1) is 0 Å². The average Bonchev–Trinajstić information content (AvgIpc) is 3.10. The molecule has 0 radical (unpaired) electrons. The fourth-order valence-electron chi connectivity index (χ4n) is 3.94. The van der Waals surface area contributed by atoms with Crippen LogP contribution in [0.4, 0.5) is 4.79 Å². The number of carboxylic acids is 1. The number of benzene rings is 2. The quantitative estimate of drug-likeness (QED) is 0.444. The topological polar surface area (TPSA) is 134 Å². The molecule has 192 valence electrons. The molecule has 9 heteroatoms. The molecule has 4 N–H and O–H groups in total. The Hall–Kier alpha value is -3.88. The van der Waals surface area contributed by atoms with Crippen LogP contribution in [0.25, 0.3) is 11.1 Å². The van der Waals surface area contributed by atoms with Crippen molar-refractivity contribution in [2.75, 3.05) is 6.61 Å². The second kappa shape index (κ2) is 9.64. The zero-order chi connectivity index (χ0) is 26.9. The average molecular weight is 496 g/mol. The van der Waals surface area contributed by atoms with Crippen LogP contribution in [-0.4, -0.2) is 52.2 Å². The lowest BCUT2D eigenvalue weighted by Gasteiger charge is -2.33. The molecule has 9 nitrogen and oxygen atoms in total. The van der Waals surface area contributed by atoms with E-state index in [1.165, 1.54) is 41.5 Å². The van der Waals surface area contributed by atoms with Crippen LogP contribution in [0.15, 0.2) is 48.5 Å². The number of nitrogens with one attached hydrogen (secondary N) is 3. The van der Waals surface area contributed by atoms with Crippen LogP contribution in [-0.2, 0) is 19.1 Å². The van der Waals surface area contributed by atoms with E-state index in [4.69, 9.17) is 4.74 Å². The van der Waals surface area contributed by atoms with Crippen molar-refractivity contribution in [1.29, 1.82) is 0 Å². The second-order valence-corrected chi connectivity index (χ2v) is 10.5. The smallest absolute Gasteiger partial charge is 0.408 e. The SMILES string of the molecule is CC(C)(NC(=O)C(C)(C)NC(=O)C(C)(C)NC(=O)OCC1c2ccccc2-c2ccccc21)C(=O)O. The number of carbonyl (C=O) groups is 4. The molecule has 0 heterocycles. The second-order valence-electron chi connectivity index (χ2n) is 10.5. The summed E-state index contributed by atoms with van der Waals surface area (Å²) in [5, 5.41) is 16.8. The molecule has 0 aliphatic heterocycles. The Kier molecular flexibility index (Phi) is 7.15. The monoisotopic (exact) mass is 495 g/mol. The number of fused-ring (bicyclic) bond motifs is 3. The van der Waals surface area contributed by atoms with Crippen molar-refractivity contribution in [2.24, 2.45) is 0 Å². The van der Waals surface area contributed by atoms with Gasteiger partial charge in [0.2, 0.25) is 11.8 Å². The molecule has 0 fully saturated rings. The summed E-state index contributed by atoms with van der Waals surface area (Å²) in [6.45, 7) is 8.64. The first kappa shape index (κ1) is 26.7. The van der Waals surface area contributed by atoms with E-state index in [1.54, 1.807) is 0 Å². The third-order valence-corrected chi connectivity index (χ3v) is 6.28. The van der Waals surface area contributed by atoms with E-state index < -0.39 is 40.5 Å². The van der Waals surface area contributed by atoms with Gasteiger partial charge < -0.3 is 25.8 Å². The minimum atomic E-state index is -1.52. The molecule has 0 spiro atoms. The number of ether oxygens (including phenoxy) is 1. The largest absolute Gasteiger partial charge is 0.480 e. The number of aliphatic carboxylic acids is 1. The van der Waals surface area contributed by atoms with Gasteiger partial charge in [-0.15, -0.1) is 0 Å². The van der Waals surface area contributed by atoms with Gasteiger partial charge >= 0.3 is 12.1 Å². The molecule has 3 rings (SSSR count). The van der Waals surface area contributed by atoms with Crippen LogP contribution in [0.3, 0.4) is 0 Å². The maximum Gasteiger partial charge on any atom is 0.408 e. The first-order valence-corrected chi connectivity index (χ1v) is 11.7. The molecular weight excluding hydrogens is 462 g/mol. The molecule has 0 unspecified atom stereocenters. The van der Waals surface area contributed by atoms with Crippen molar-refractivity contribution >= 4 is 23.9 Å². The third-order valence-electron chi connectivity index (χ3n) is 6.28. The molecular formula is C27H33N3O6. The Morgan fingerprint density at radius 1 is 0.722 bits per heavy atom. The van der Waals surface area contributed by atoms with Crippen molar-refractivity contribution in [3.05, 3.63) is 59.7 Å². The van der Waals surface area contributed by atoms with E-state index in [9.17, 15) is 24.3 Å². The lowest BCUT2D eigenvalue weighted by atomic mass is 9.97. The van der Waals surface area contributed by atoms with Gasteiger partial charge in [0.05, 0.1) is 0 Å². The Morgan fingerprint density at radius 2 is 1.14 bits per heavy atom. The summed E-state index contributed by atoms with van der Waals surface area (Å²) in [6.07, 6.45) is -0.772. The summed E-state index contributed by atoms with van der Waals surface area (Å²) < 4.78 is 5.52. The predicted molar refractivity (Wildman–Crippen MR) is 134 cm³/mol. The maximum atomic E-state index is 12.9. The van der Waals surface area contributed by atoms with Crippen molar-refractivity contribution in [2.45, 2.75) is 64.1 Å². The lowest BCUT2D eigenvalue weighted by Crippen LogP contribution is -2.65. The van der Waals surface area contributed by atoms with Crippen LogP contribution >= 0.6 is 0 Å². The van der Waals surface area contributed by atoms with Gasteiger partial charge in [0.1, 0.15) is 23.2 Å². The first-order valence-electron chi connectivity index (χ1n) is 11.7. The Balaban J connectivity index is 1.62. The van der Waals surface area contributed by atoms with Crippen LogP contribution in [0.5, 0.6) is 0 Å². The summed E-state index contributed by atoms with van der Waals surface area (Å²) in [5.74, 6) is -2.65. The molecule has 1 aliphatic rings. The molecule has 0 saturated carbocycles. The molecule has 0 saturated heterocycles. The van der Waals surface area contributed by atoms with Crippen molar-refractivity contribution in [3.8, 4) is 11.1 Å². The molecule has 0 atom stereocenters. The number of carbonyl (C=O) groups excluding carboxylic acids is 3. The summed E-state index contributed by atoms with van der Waals surface area (Å²) in [4.78, 5) is 49.5. The van der Waals surface area contributed by atoms with E-state index in [1.807, 2.05) is 48.5 Å². The summed E-state index contributed by atoms with van der Waals surface area (Å²) >= 11 is 0. The number of carboxylic acid groups (broad SMARTS) is 1. The highest BCUT2D eigenvalue weighted by Crippen LogP contribution is 2.44. The molecule has 3 amide bonds. The molecule has 2 aromatic carbocycles. The molecule has 0 bridgehead atoms. The summed E-state index contributed by atoms with van der Waals surface area (Å²) in [5.41, 5.74) is -0.0246. The Bertz CT molecular complexity index is 1160. The number of hydrogen-bond donors (Lipinski definition) is 4. The molecule has 2 aromatic rings. The zero-order valence-electron chi connectivity index (χ0n) is 21.4. The number of amides is 3. The normalized spacial score (nSPS) is 13.3. The fraction of sp³-hybridized carbons (Fsp3) is 0.407. The van der Waals surface area contributed by atoms with E-state index in [0.29, 0.717) is 0 Å². The highest BCUT2D eigenvalue weighted by Gasteiger charge is 2.40. The minimum absolute atomic E-state index is 0.0930. The predicted octanol–water partition coefficient (Wildman–Crippen LogP) is 3.18. The van der Waals surface area contributed by atoms with Crippen LogP contribution < -0.4 is 16.0 Å². The van der Waals surface area contributed by atoms with Gasteiger partial charge in [-0.05, 0) is 63.8 Å². The third kappa shape index (κ3) is 5.50. The van der Waals surface area contributed by atoms with E-state index in [2.05, 4.69) is 16.0 Å². The van der Waals surface area contributed by atoms with Gasteiger partial charge in [-0.3, -0.25) is 9.59 Å². The highest BCUT2D eigenvalue weighted by atomic mass is 16.5. The number of alkyl carbamates (subject to hydrolysis) is 1. The van der Waals surface area contributed by atoms with Crippen LogP contribution in [0.1, 0.15) is 58.6 Å². The summed E-state index contributed by atoms with van der Waals surface area (Å²) in [6, 6.07) is 15.9. The van der Waals surface area contributed by atoms with Gasteiger partial charge in [-0.2, -0.15) is 0 Å². The van der Waals surface area contributed by atoms with Crippen molar-refractivity contribution < 1.29 is 29.0 Å². The van der Waals surface area contributed by atoms with Crippen molar-refractivity contribution in [1.82, 2.24) is 16.0 Å². The Morgan fingerprint density at radius 3 is 1.61 bits per heavy atom. The fourth-order valence-corrected chi connectivity index (χ4v) is 3.94. The highest BCUT2D eigenvalue weighted by molar-refractivity contribution is 5.97. The van der Waals surface area contributed by atoms with Gasteiger partial charge in [-0.25, -0.2) is 9.59 Å². The van der Waals surface area contributed by atoms with E-state index >= 15 is 0 Å². The van der Waals surface area contributed by atoms with E-state index in [-0.39, 0.29) is 12.5 Å². The number of hydrogen-bond acceptors (Lipinski definition) is 5. The van der Waals surface area contributed by atoms with Crippen LogP contribution in [0.2, 0.25) is 0 Å². The summed E-state index contributed by atoms with van der Waals surface area (Å²) in [7, 11) is 0. The standard InChI is InChI=1S/C27H33N3O6/c1-25(2,21(31)29-27(5,6)23(33)34)28-22(32)26(3,4)30-24(35)36-15-20-18-13-9-7-11-16(18)17-12-8-10-14-19(17)20/h7-14,20H,15H2,1-6H3,(H,28,32)(H,29,31)(H,30,35)(H,33,34). The molecule has 0 aromatic heterocycles. The first-order chi connectivity index (χ1) is 16.7. The molecule has 36 heavy (non-hydrogen) atoms. The minimum Gasteiger partial charge on any atom is -0.480 e. The van der Waals surface area contributed by atoms with Gasteiger partial charge in [-0.1, -0.05) is 48.5 Å².